The summed E-state index contributed by atoms with van der Waals surface area (Å²) < 4.78 is 31.8. The maximum Gasteiger partial charge on any atom is 0.263 e. The summed E-state index contributed by atoms with van der Waals surface area (Å²) >= 11 is 0. The predicted octanol–water partition coefficient (Wildman–Crippen LogP) is 2.28. The lowest BCUT2D eigenvalue weighted by atomic mass is 10.2. The van der Waals surface area contributed by atoms with Gasteiger partial charge in [0.1, 0.15) is 17.7 Å². The fourth-order valence-corrected chi connectivity index (χ4v) is 1.99. The maximum absolute atomic E-state index is 12.8. The summed E-state index contributed by atoms with van der Waals surface area (Å²) in [5, 5.41) is 21.3. The second-order valence-corrected chi connectivity index (χ2v) is 4.67. The Hall–Kier alpha value is -3.39. The zero-order chi connectivity index (χ0) is 16.9. The molecule has 8 nitrogen and oxygen atoms in total. The van der Waals surface area contributed by atoms with Gasteiger partial charge in [0.25, 0.3) is 6.43 Å². The van der Waals surface area contributed by atoms with Crippen molar-refractivity contribution in [2.24, 2.45) is 0 Å². The van der Waals surface area contributed by atoms with Crippen LogP contribution >= 0.6 is 0 Å². The van der Waals surface area contributed by atoms with Crippen LogP contribution in [0.25, 0.3) is 5.70 Å². The number of alkyl halides is 2. The predicted molar refractivity (Wildman–Crippen MR) is 78.8 cm³/mol. The standard InChI is InChI=1S/C14H11F2N7O/c1-2-11(18-10-5-3-4-9(6-10)14(15)16)13-12(19-24-20-13)7-23-8-17-21-22-23/h3-6,8,14,18H,1,7H2. The first-order chi connectivity index (χ1) is 11.7. The van der Waals surface area contributed by atoms with Crippen LogP contribution in [0, 0.1) is 0 Å². The van der Waals surface area contributed by atoms with Gasteiger partial charge in [-0.15, -0.1) is 10.8 Å². The SMILES string of the molecule is C=C=C(Nc1cccc(C(F)F)c1)c1nonc1Cn1cnnn1. The first kappa shape index (κ1) is 15.5. The second kappa shape index (κ2) is 6.80. The molecule has 0 bridgehead atoms. The van der Waals surface area contributed by atoms with Crippen molar-refractivity contribution >= 4 is 11.4 Å². The van der Waals surface area contributed by atoms with Gasteiger partial charge in [-0.2, -0.15) is 0 Å². The van der Waals surface area contributed by atoms with Crippen molar-refractivity contribution in [2.45, 2.75) is 13.0 Å². The van der Waals surface area contributed by atoms with Gasteiger partial charge >= 0.3 is 0 Å². The molecule has 0 aliphatic heterocycles. The highest BCUT2D eigenvalue weighted by Gasteiger charge is 2.16. The number of rotatable bonds is 6. The van der Waals surface area contributed by atoms with E-state index in [1.165, 1.54) is 29.2 Å². The van der Waals surface area contributed by atoms with Crippen molar-refractivity contribution in [3.8, 4) is 0 Å². The summed E-state index contributed by atoms with van der Waals surface area (Å²) in [4.78, 5) is 0. The third kappa shape index (κ3) is 3.33. The molecule has 0 unspecified atom stereocenters. The Morgan fingerprint density at radius 2 is 2.25 bits per heavy atom. The van der Waals surface area contributed by atoms with Gasteiger partial charge in [-0.1, -0.05) is 23.9 Å². The van der Waals surface area contributed by atoms with E-state index in [0.29, 0.717) is 22.8 Å². The van der Waals surface area contributed by atoms with E-state index in [1.807, 2.05) is 0 Å². The van der Waals surface area contributed by atoms with E-state index in [4.69, 9.17) is 4.63 Å². The lowest BCUT2D eigenvalue weighted by Gasteiger charge is -2.09. The molecule has 2 aromatic heterocycles. The van der Waals surface area contributed by atoms with Crippen molar-refractivity contribution in [3.63, 3.8) is 0 Å². The van der Waals surface area contributed by atoms with Gasteiger partial charge in [0.15, 0.2) is 5.69 Å². The molecule has 0 saturated carbocycles. The van der Waals surface area contributed by atoms with Crippen molar-refractivity contribution in [1.29, 1.82) is 0 Å². The number of nitrogens with zero attached hydrogens (tertiary/aromatic N) is 6. The van der Waals surface area contributed by atoms with Crippen LogP contribution in [-0.4, -0.2) is 30.5 Å². The molecule has 1 N–H and O–H groups in total. The number of halogens is 2. The van der Waals surface area contributed by atoms with Gasteiger partial charge in [0.2, 0.25) is 0 Å². The van der Waals surface area contributed by atoms with E-state index in [9.17, 15) is 8.78 Å². The summed E-state index contributed by atoms with van der Waals surface area (Å²) in [6, 6.07) is 5.83. The maximum atomic E-state index is 12.8. The van der Waals surface area contributed by atoms with Gasteiger partial charge in [-0.25, -0.2) is 18.1 Å². The summed E-state index contributed by atoms with van der Waals surface area (Å²) in [5.74, 6) is 0. The normalized spacial score (nSPS) is 10.6. The van der Waals surface area contributed by atoms with Crippen molar-refractivity contribution in [3.05, 3.63) is 59.9 Å². The first-order valence-corrected chi connectivity index (χ1v) is 6.75. The van der Waals surface area contributed by atoms with Gasteiger partial charge in [-0.05, 0) is 27.7 Å². The Morgan fingerprint density at radius 1 is 1.38 bits per heavy atom. The lowest BCUT2D eigenvalue weighted by Crippen LogP contribution is -2.06. The third-order valence-electron chi connectivity index (χ3n) is 3.08. The molecule has 1 aromatic carbocycles. The molecule has 3 aromatic rings. The third-order valence-corrected chi connectivity index (χ3v) is 3.08. The van der Waals surface area contributed by atoms with Crippen LogP contribution in [0.1, 0.15) is 23.4 Å². The Bertz CT molecular complexity index is 869. The number of aromatic nitrogens is 6. The molecule has 0 amide bonds. The Labute approximate surface area is 134 Å². The molecule has 0 fully saturated rings. The molecule has 0 aliphatic rings. The van der Waals surface area contributed by atoms with Gasteiger partial charge in [0, 0.05) is 11.3 Å². The molecule has 122 valence electrons. The van der Waals surface area contributed by atoms with E-state index < -0.39 is 6.43 Å². The number of nitrogens with one attached hydrogen (secondary N) is 1. The molecular weight excluding hydrogens is 320 g/mol. The van der Waals surface area contributed by atoms with Crippen LogP contribution in [0.2, 0.25) is 0 Å². The molecule has 3 rings (SSSR count). The minimum atomic E-state index is -2.56. The van der Waals surface area contributed by atoms with E-state index in [0.717, 1.165) is 0 Å². The lowest BCUT2D eigenvalue weighted by molar-refractivity contribution is 0.151. The topological polar surface area (TPSA) is 94.6 Å². The zero-order valence-corrected chi connectivity index (χ0v) is 12.2. The summed E-state index contributed by atoms with van der Waals surface area (Å²) in [6.07, 6.45) is -1.15. The average molecular weight is 331 g/mol. The van der Waals surface area contributed by atoms with E-state index in [1.54, 1.807) is 6.07 Å². The quantitative estimate of drug-likeness (QED) is 0.692. The largest absolute Gasteiger partial charge is 0.347 e. The molecule has 0 aliphatic carbocycles. The second-order valence-electron chi connectivity index (χ2n) is 4.67. The van der Waals surface area contributed by atoms with Crippen LogP contribution in [0.4, 0.5) is 14.5 Å². The molecule has 0 atom stereocenters. The molecule has 0 spiro atoms. The van der Waals surface area contributed by atoms with Crippen LogP contribution in [0.5, 0.6) is 0 Å². The number of hydrogen-bond donors (Lipinski definition) is 1. The minimum Gasteiger partial charge on any atom is -0.347 e. The monoisotopic (exact) mass is 331 g/mol. The number of benzene rings is 1. The number of hydrogen-bond acceptors (Lipinski definition) is 7. The average Bonchev–Trinajstić information content (AvgIpc) is 3.25. The molecule has 24 heavy (non-hydrogen) atoms. The molecule has 0 saturated heterocycles. The zero-order valence-electron chi connectivity index (χ0n) is 12.2. The van der Waals surface area contributed by atoms with Gasteiger partial charge in [0.05, 0.1) is 6.54 Å². The Kier molecular flexibility index (Phi) is 4.39. The highest BCUT2D eigenvalue weighted by Crippen LogP contribution is 2.24. The van der Waals surface area contributed by atoms with Crippen LogP contribution < -0.4 is 5.32 Å². The van der Waals surface area contributed by atoms with Gasteiger partial charge < -0.3 is 5.32 Å². The first-order valence-electron chi connectivity index (χ1n) is 6.75. The van der Waals surface area contributed by atoms with Crippen LogP contribution in [0.15, 0.2) is 47.5 Å². The van der Waals surface area contributed by atoms with E-state index in [2.05, 4.69) is 43.5 Å². The fraction of sp³-hybridized carbons (Fsp3) is 0.143. The summed E-state index contributed by atoms with van der Waals surface area (Å²) in [7, 11) is 0. The van der Waals surface area contributed by atoms with Crippen molar-refractivity contribution in [2.75, 3.05) is 5.32 Å². The molecular formula is C14H11F2N7O. The summed E-state index contributed by atoms with van der Waals surface area (Å²) in [5.41, 5.74) is 4.12. The Balaban J connectivity index is 1.84. The molecule has 10 heteroatoms. The molecule has 2 heterocycles. The number of tetrazole rings is 1. The number of anilines is 1. The highest BCUT2D eigenvalue weighted by molar-refractivity contribution is 5.75. The minimum absolute atomic E-state index is 0.101. The van der Waals surface area contributed by atoms with Crippen LogP contribution in [-0.2, 0) is 6.54 Å². The van der Waals surface area contributed by atoms with Gasteiger partial charge in [-0.3, -0.25) is 0 Å². The Morgan fingerprint density at radius 3 is 2.96 bits per heavy atom. The van der Waals surface area contributed by atoms with Crippen molar-refractivity contribution in [1.82, 2.24) is 30.5 Å². The van der Waals surface area contributed by atoms with E-state index >= 15 is 0 Å². The summed E-state index contributed by atoms with van der Waals surface area (Å²) in [6.45, 7) is 3.80. The van der Waals surface area contributed by atoms with E-state index in [-0.39, 0.29) is 12.1 Å². The smallest absolute Gasteiger partial charge is 0.263 e. The molecule has 0 radical (unpaired) electrons. The van der Waals surface area contributed by atoms with Crippen LogP contribution in [0.3, 0.4) is 0 Å². The van der Waals surface area contributed by atoms with Crippen molar-refractivity contribution < 1.29 is 13.4 Å². The highest BCUT2D eigenvalue weighted by atomic mass is 19.3. The fourth-order valence-electron chi connectivity index (χ4n) is 1.99.